The molecular formula is C14H21NO2. The van der Waals surface area contributed by atoms with Crippen LogP contribution in [0.25, 0.3) is 0 Å². The Morgan fingerprint density at radius 1 is 1.29 bits per heavy atom. The van der Waals surface area contributed by atoms with E-state index >= 15 is 0 Å². The Hall–Kier alpha value is -1.06. The number of hydrogen-bond acceptors (Lipinski definition) is 3. The molecule has 2 N–H and O–H groups in total. The highest BCUT2D eigenvalue weighted by Gasteiger charge is 2.24. The van der Waals surface area contributed by atoms with Crippen molar-refractivity contribution in [1.82, 2.24) is 0 Å². The second kappa shape index (κ2) is 5.07. The van der Waals surface area contributed by atoms with Gasteiger partial charge in [0.2, 0.25) is 0 Å². The van der Waals surface area contributed by atoms with Crippen molar-refractivity contribution >= 4 is 5.69 Å². The summed E-state index contributed by atoms with van der Waals surface area (Å²) < 4.78 is 0. The summed E-state index contributed by atoms with van der Waals surface area (Å²) in [5.74, 6) is 0.392. The number of aliphatic hydroxyl groups is 2. The van der Waals surface area contributed by atoms with Crippen molar-refractivity contribution in [2.75, 3.05) is 18.0 Å². The molecule has 3 atom stereocenters. The second-order valence-corrected chi connectivity index (χ2v) is 5.05. The van der Waals surface area contributed by atoms with E-state index in [4.69, 9.17) is 0 Å². The summed E-state index contributed by atoms with van der Waals surface area (Å²) in [6.45, 7) is 5.56. The van der Waals surface area contributed by atoms with Crippen LogP contribution in [0.5, 0.6) is 0 Å². The molecular weight excluding hydrogens is 214 g/mol. The number of β-amino-alcohol motifs (C(OH)–C–C–N with tert-alkyl or cyclic N) is 1. The topological polar surface area (TPSA) is 43.7 Å². The highest BCUT2D eigenvalue weighted by molar-refractivity contribution is 5.48. The van der Waals surface area contributed by atoms with Crippen molar-refractivity contribution in [3.8, 4) is 0 Å². The van der Waals surface area contributed by atoms with Crippen LogP contribution in [-0.4, -0.2) is 29.4 Å². The van der Waals surface area contributed by atoms with Gasteiger partial charge >= 0.3 is 0 Å². The third kappa shape index (κ3) is 2.79. The number of nitrogens with zero attached hydrogens (tertiary/aromatic N) is 1. The fourth-order valence-electron chi connectivity index (χ4n) is 2.25. The molecule has 1 aliphatic rings. The summed E-state index contributed by atoms with van der Waals surface area (Å²) in [6.07, 6.45) is 0.371. The molecule has 3 heteroatoms. The minimum Gasteiger partial charge on any atom is -0.391 e. The predicted molar refractivity (Wildman–Crippen MR) is 69.1 cm³/mol. The number of anilines is 1. The van der Waals surface area contributed by atoms with Gasteiger partial charge in [-0.15, -0.1) is 0 Å². The Balaban J connectivity index is 2.07. The van der Waals surface area contributed by atoms with E-state index in [2.05, 4.69) is 11.8 Å². The third-order valence-electron chi connectivity index (χ3n) is 3.66. The molecule has 1 saturated heterocycles. The van der Waals surface area contributed by atoms with Gasteiger partial charge in [0.1, 0.15) is 0 Å². The predicted octanol–water partition coefficient (Wildman–Crippen LogP) is 1.95. The van der Waals surface area contributed by atoms with Gasteiger partial charge in [0.15, 0.2) is 0 Å². The highest BCUT2D eigenvalue weighted by atomic mass is 16.3. The highest BCUT2D eigenvalue weighted by Crippen LogP contribution is 2.24. The van der Waals surface area contributed by atoms with Crippen molar-refractivity contribution in [3.05, 3.63) is 29.8 Å². The van der Waals surface area contributed by atoms with Crippen LogP contribution in [0.2, 0.25) is 0 Å². The Kier molecular flexibility index (Phi) is 3.69. The average molecular weight is 235 g/mol. The minimum atomic E-state index is -0.420. The van der Waals surface area contributed by atoms with Gasteiger partial charge in [0, 0.05) is 18.8 Å². The van der Waals surface area contributed by atoms with Crippen LogP contribution >= 0.6 is 0 Å². The summed E-state index contributed by atoms with van der Waals surface area (Å²) in [5, 5.41) is 19.3. The molecule has 0 spiro atoms. The molecule has 3 nitrogen and oxygen atoms in total. The molecule has 0 aliphatic carbocycles. The van der Waals surface area contributed by atoms with Crippen LogP contribution < -0.4 is 4.90 Å². The first kappa shape index (κ1) is 12.4. The van der Waals surface area contributed by atoms with Gasteiger partial charge in [-0.3, -0.25) is 0 Å². The molecule has 17 heavy (non-hydrogen) atoms. The Labute approximate surface area is 103 Å². The monoisotopic (exact) mass is 235 g/mol. The maximum Gasteiger partial charge on any atom is 0.0761 e. The summed E-state index contributed by atoms with van der Waals surface area (Å²) in [7, 11) is 0. The lowest BCUT2D eigenvalue weighted by Crippen LogP contribution is -2.42. The molecule has 0 radical (unpaired) electrons. The van der Waals surface area contributed by atoms with Gasteiger partial charge in [-0.25, -0.2) is 0 Å². The van der Waals surface area contributed by atoms with Crippen molar-refractivity contribution < 1.29 is 10.2 Å². The molecule has 1 aromatic carbocycles. The summed E-state index contributed by atoms with van der Waals surface area (Å²) in [5.41, 5.74) is 2.06. The summed E-state index contributed by atoms with van der Waals surface area (Å²) >= 11 is 0. The Bertz CT molecular complexity index is 361. The van der Waals surface area contributed by atoms with E-state index < -0.39 is 6.10 Å². The zero-order valence-electron chi connectivity index (χ0n) is 10.5. The molecule has 1 aromatic rings. The van der Waals surface area contributed by atoms with Crippen LogP contribution in [-0.2, 0) is 0 Å². The quantitative estimate of drug-likeness (QED) is 0.823. The largest absolute Gasteiger partial charge is 0.391 e. The molecule has 2 unspecified atom stereocenters. The first-order valence-corrected chi connectivity index (χ1v) is 6.29. The van der Waals surface area contributed by atoms with E-state index in [1.54, 1.807) is 6.92 Å². The van der Waals surface area contributed by atoms with E-state index in [-0.39, 0.29) is 6.10 Å². The molecule has 0 aromatic heterocycles. The van der Waals surface area contributed by atoms with Crippen molar-refractivity contribution in [2.45, 2.75) is 32.5 Å². The molecule has 1 heterocycles. The minimum absolute atomic E-state index is 0.236. The van der Waals surface area contributed by atoms with Gasteiger partial charge in [0.25, 0.3) is 0 Å². The number of piperidine rings is 1. The smallest absolute Gasteiger partial charge is 0.0761 e. The van der Waals surface area contributed by atoms with E-state index in [0.717, 1.165) is 24.2 Å². The molecule has 0 saturated carbocycles. The molecule has 94 valence electrons. The number of benzene rings is 1. The molecule has 1 aliphatic heterocycles. The van der Waals surface area contributed by atoms with Crippen LogP contribution in [0.4, 0.5) is 5.69 Å². The zero-order valence-corrected chi connectivity index (χ0v) is 10.5. The van der Waals surface area contributed by atoms with E-state index in [1.165, 1.54) is 0 Å². The lowest BCUT2D eigenvalue weighted by molar-refractivity contribution is 0.103. The van der Waals surface area contributed by atoms with Crippen LogP contribution in [0.1, 0.15) is 31.9 Å². The zero-order chi connectivity index (χ0) is 12.4. The SMILES string of the molecule is CC1CCN(c2ccc([C@H](C)O)cc2)CC1O. The van der Waals surface area contributed by atoms with Crippen LogP contribution in [0.15, 0.2) is 24.3 Å². The fraction of sp³-hybridized carbons (Fsp3) is 0.571. The first-order valence-electron chi connectivity index (χ1n) is 6.29. The lowest BCUT2D eigenvalue weighted by Gasteiger charge is -2.35. The van der Waals surface area contributed by atoms with Gasteiger partial charge in [-0.2, -0.15) is 0 Å². The Morgan fingerprint density at radius 2 is 1.94 bits per heavy atom. The average Bonchev–Trinajstić information content (AvgIpc) is 2.33. The van der Waals surface area contributed by atoms with E-state index in [0.29, 0.717) is 12.5 Å². The Morgan fingerprint density at radius 3 is 2.47 bits per heavy atom. The number of hydrogen-bond donors (Lipinski definition) is 2. The number of aliphatic hydroxyl groups excluding tert-OH is 2. The van der Waals surface area contributed by atoms with Gasteiger partial charge < -0.3 is 15.1 Å². The van der Waals surface area contributed by atoms with Crippen molar-refractivity contribution in [3.63, 3.8) is 0 Å². The van der Waals surface area contributed by atoms with Crippen LogP contribution in [0.3, 0.4) is 0 Å². The second-order valence-electron chi connectivity index (χ2n) is 5.05. The van der Waals surface area contributed by atoms with Crippen molar-refractivity contribution in [1.29, 1.82) is 0 Å². The van der Waals surface area contributed by atoms with E-state index in [9.17, 15) is 10.2 Å². The van der Waals surface area contributed by atoms with Crippen molar-refractivity contribution in [2.24, 2.45) is 5.92 Å². The van der Waals surface area contributed by atoms with Gasteiger partial charge in [-0.1, -0.05) is 19.1 Å². The molecule has 1 fully saturated rings. The fourth-order valence-corrected chi connectivity index (χ4v) is 2.25. The maximum atomic E-state index is 9.87. The van der Waals surface area contributed by atoms with Crippen LogP contribution in [0, 0.1) is 5.92 Å². The molecule has 0 bridgehead atoms. The lowest BCUT2D eigenvalue weighted by atomic mass is 9.95. The van der Waals surface area contributed by atoms with E-state index in [1.807, 2.05) is 24.3 Å². The van der Waals surface area contributed by atoms with Gasteiger partial charge in [-0.05, 0) is 37.0 Å². The number of rotatable bonds is 2. The molecule has 0 amide bonds. The first-order chi connectivity index (χ1) is 8.08. The normalized spacial score (nSPS) is 26.9. The summed E-state index contributed by atoms with van der Waals surface area (Å²) in [4.78, 5) is 2.20. The third-order valence-corrected chi connectivity index (χ3v) is 3.66. The van der Waals surface area contributed by atoms with Gasteiger partial charge in [0.05, 0.1) is 12.2 Å². The summed E-state index contributed by atoms with van der Waals surface area (Å²) in [6, 6.07) is 7.93. The maximum absolute atomic E-state index is 9.87. The molecule has 2 rings (SSSR count). The standard InChI is InChI=1S/C14H21NO2/c1-10-7-8-15(9-14(10)17)13-5-3-12(4-6-13)11(2)16/h3-6,10-11,14,16-17H,7-9H2,1-2H3/t10?,11-,14?/m0/s1.